The molecule has 1 aromatic carbocycles. The smallest absolute Gasteiger partial charge is 0.266 e. The number of nitro groups is 1. The predicted octanol–water partition coefficient (Wildman–Crippen LogP) is 2.01. The highest BCUT2D eigenvalue weighted by atomic mass is 32.2. The molecule has 0 unspecified atom stereocenters. The second-order valence-corrected chi connectivity index (χ2v) is 9.51. The molecule has 4 rings (SSSR count). The molecule has 0 aromatic heterocycles. The molecule has 26 heavy (non-hydrogen) atoms. The standard InChI is InChI=1S/C18H19NO6S/c1-18-14(19(21)22)10-26(23,24)17(18)15(11-6-3-2-4-7-11)16-12(20)8-5-9-13(16)25-18/h2-4,6-7,14-15,17H,5,8-10H2,1H3/t14-,15-,17-,18+/m1/s1. The van der Waals surface area contributed by atoms with Gasteiger partial charge in [0.15, 0.2) is 21.2 Å². The van der Waals surface area contributed by atoms with E-state index in [2.05, 4.69) is 0 Å². The van der Waals surface area contributed by atoms with Crippen molar-refractivity contribution < 1.29 is 22.9 Å². The summed E-state index contributed by atoms with van der Waals surface area (Å²) in [6.45, 7) is 1.51. The molecule has 1 saturated heterocycles. The Labute approximate surface area is 151 Å². The monoisotopic (exact) mass is 377 g/mol. The van der Waals surface area contributed by atoms with Crippen LogP contribution in [0, 0.1) is 10.1 Å². The maximum absolute atomic E-state index is 13.0. The van der Waals surface area contributed by atoms with Crippen molar-refractivity contribution in [2.45, 2.75) is 49.0 Å². The number of nitrogens with zero attached hydrogens (tertiary/aromatic N) is 1. The van der Waals surface area contributed by atoms with E-state index in [1.807, 2.05) is 6.07 Å². The van der Waals surface area contributed by atoms with Crippen LogP contribution in [0.3, 0.4) is 0 Å². The average molecular weight is 377 g/mol. The predicted molar refractivity (Wildman–Crippen MR) is 92.9 cm³/mol. The number of hydrogen-bond donors (Lipinski definition) is 0. The summed E-state index contributed by atoms with van der Waals surface area (Å²) in [5.74, 6) is -0.994. The number of sulfone groups is 1. The van der Waals surface area contributed by atoms with Gasteiger partial charge in [0.1, 0.15) is 16.8 Å². The van der Waals surface area contributed by atoms with E-state index in [0.29, 0.717) is 36.2 Å². The summed E-state index contributed by atoms with van der Waals surface area (Å²) in [7, 11) is -3.82. The van der Waals surface area contributed by atoms with Crippen LogP contribution in [-0.2, 0) is 19.4 Å². The van der Waals surface area contributed by atoms with Crippen LogP contribution in [0.1, 0.15) is 37.7 Å². The first-order chi connectivity index (χ1) is 12.3. The fraction of sp³-hybridized carbons (Fsp3) is 0.500. The van der Waals surface area contributed by atoms with Crippen LogP contribution in [0.2, 0.25) is 0 Å². The Bertz CT molecular complexity index is 922. The quantitative estimate of drug-likeness (QED) is 0.577. The number of carbonyl (C=O) groups excluding carboxylic acids is 1. The third-order valence-electron chi connectivity index (χ3n) is 5.78. The average Bonchev–Trinajstić information content (AvgIpc) is 2.80. The lowest BCUT2D eigenvalue weighted by molar-refractivity contribution is -0.537. The molecule has 2 aliphatic heterocycles. The number of allylic oxidation sites excluding steroid dienone is 2. The topological polar surface area (TPSA) is 104 Å². The molecule has 138 valence electrons. The van der Waals surface area contributed by atoms with Gasteiger partial charge < -0.3 is 4.74 Å². The van der Waals surface area contributed by atoms with Crippen molar-refractivity contribution in [1.29, 1.82) is 0 Å². The van der Waals surface area contributed by atoms with Crippen LogP contribution in [0.25, 0.3) is 0 Å². The van der Waals surface area contributed by atoms with Crippen molar-refractivity contribution in [2.75, 3.05) is 5.75 Å². The summed E-state index contributed by atoms with van der Waals surface area (Å²) in [6, 6.07) is 7.57. The van der Waals surface area contributed by atoms with Crippen molar-refractivity contribution in [3.8, 4) is 0 Å². The van der Waals surface area contributed by atoms with Gasteiger partial charge in [0, 0.05) is 29.3 Å². The van der Waals surface area contributed by atoms with Gasteiger partial charge in [-0.05, 0) is 18.9 Å². The van der Waals surface area contributed by atoms with Crippen molar-refractivity contribution in [2.24, 2.45) is 0 Å². The summed E-state index contributed by atoms with van der Waals surface area (Å²) in [4.78, 5) is 23.7. The molecule has 3 aliphatic rings. The maximum atomic E-state index is 13.0. The lowest BCUT2D eigenvalue weighted by atomic mass is 9.73. The minimum Gasteiger partial charge on any atom is -0.483 e. The fourth-order valence-corrected chi connectivity index (χ4v) is 7.40. The maximum Gasteiger partial charge on any atom is 0.266 e. The van der Waals surface area contributed by atoms with Crippen molar-refractivity contribution in [3.63, 3.8) is 0 Å². The molecule has 0 saturated carbocycles. The Kier molecular flexibility index (Phi) is 3.73. The number of ether oxygens (including phenoxy) is 1. The minimum atomic E-state index is -3.82. The number of carbonyl (C=O) groups is 1. The Balaban J connectivity index is 1.99. The molecule has 1 aliphatic carbocycles. The molecule has 4 atom stereocenters. The third kappa shape index (κ3) is 2.31. The summed E-state index contributed by atoms with van der Waals surface area (Å²) < 4.78 is 31.9. The zero-order chi connectivity index (χ0) is 18.7. The number of fused-ring (bicyclic) bond motifs is 1. The van der Waals surface area contributed by atoms with E-state index in [1.165, 1.54) is 6.92 Å². The highest BCUT2D eigenvalue weighted by Gasteiger charge is 2.69. The Morgan fingerprint density at radius 3 is 2.58 bits per heavy atom. The normalized spacial score (nSPS) is 35.4. The first kappa shape index (κ1) is 17.2. The molecule has 0 spiro atoms. The number of benzene rings is 1. The summed E-state index contributed by atoms with van der Waals surface area (Å²) >= 11 is 0. The van der Waals surface area contributed by atoms with E-state index < -0.39 is 43.3 Å². The van der Waals surface area contributed by atoms with Gasteiger partial charge in [-0.2, -0.15) is 0 Å². The molecule has 1 aromatic rings. The Morgan fingerprint density at radius 1 is 1.23 bits per heavy atom. The first-order valence-electron chi connectivity index (χ1n) is 8.61. The van der Waals surface area contributed by atoms with Gasteiger partial charge in [0.05, 0.1) is 0 Å². The van der Waals surface area contributed by atoms with Crippen molar-refractivity contribution >= 4 is 15.6 Å². The summed E-state index contributed by atoms with van der Waals surface area (Å²) in [6.07, 6.45) is 1.45. The summed E-state index contributed by atoms with van der Waals surface area (Å²) in [5.41, 5.74) is -0.418. The molecular formula is C18H19NO6S. The SMILES string of the molecule is C[C@@]12OC3=C(C(=O)CCC3)[C@@H](c3ccccc3)[C@H]1S(=O)(=O)C[C@H]2[N+](=O)[O-]. The lowest BCUT2D eigenvalue weighted by Gasteiger charge is -2.44. The van der Waals surface area contributed by atoms with E-state index in [4.69, 9.17) is 4.74 Å². The fourth-order valence-electron chi connectivity index (χ4n) is 4.68. The van der Waals surface area contributed by atoms with Crippen LogP contribution in [-0.4, -0.2) is 41.8 Å². The van der Waals surface area contributed by atoms with E-state index in [9.17, 15) is 23.3 Å². The Morgan fingerprint density at radius 2 is 1.92 bits per heavy atom. The van der Waals surface area contributed by atoms with E-state index in [0.717, 1.165) is 0 Å². The number of rotatable bonds is 2. The molecule has 2 heterocycles. The third-order valence-corrected chi connectivity index (χ3v) is 8.08. The Hall–Kier alpha value is -2.22. The number of ketones is 1. The van der Waals surface area contributed by atoms with E-state index in [1.54, 1.807) is 24.3 Å². The molecular weight excluding hydrogens is 358 g/mol. The van der Waals surface area contributed by atoms with Gasteiger partial charge in [-0.15, -0.1) is 0 Å². The van der Waals surface area contributed by atoms with Crippen LogP contribution < -0.4 is 0 Å². The molecule has 7 nitrogen and oxygen atoms in total. The van der Waals surface area contributed by atoms with Crippen LogP contribution in [0.15, 0.2) is 41.7 Å². The first-order valence-corrected chi connectivity index (χ1v) is 10.3. The number of Topliss-reactive ketones (excluding diaryl/α,β-unsaturated/α-hetero) is 1. The molecule has 0 radical (unpaired) electrons. The van der Waals surface area contributed by atoms with Crippen LogP contribution >= 0.6 is 0 Å². The highest BCUT2D eigenvalue weighted by molar-refractivity contribution is 7.92. The van der Waals surface area contributed by atoms with Gasteiger partial charge in [-0.3, -0.25) is 14.9 Å². The zero-order valence-corrected chi connectivity index (χ0v) is 15.1. The molecule has 0 bridgehead atoms. The largest absolute Gasteiger partial charge is 0.483 e. The highest BCUT2D eigenvalue weighted by Crippen LogP contribution is 2.53. The van der Waals surface area contributed by atoms with Crippen molar-refractivity contribution in [3.05, 3.63) is 57.3 Å². The second-order valence-electron chi connectivity index (χ2n) is 7.34. The van der Waals surface area contributed by atoms with E-state index in [-0.39, 0.29) is 5.78 Å². The second kappa shape index (κ2) is 5.64. The minimum absolute atomic E-state index is 0.123. The zero-order valence-electron chi connectivity index (χ0n) is 14.3. The number of hydrogen-bond acceptors (Lipinski definition) is 6. The van der Waals surface area contributed by atoms with Gasteiger partial charge in [-0.1, -0.05) is 30.3 Å². The molecule has 0 amide bonds. The molecule has 8 heteroatoms. The van der Waals surface area contributed by atoms with Gasteiger partial charge >= 0.3 is 0 Å². The van der Waals surface area contributed by atoms with Gasteiger partial charge in [0.25, 0.3) is 6.04 Å². The van der Waals surface area contributed by atoms with Crippen molar-refractivity contribution in [1.82, 2.24) is 0 Å². The summed E-state index contributed by atoms with van der Waals surface area (Å²) in [5, 5.41) is 10.5. The lowest BCUT2D eigenvalue weighted by Crippen LogP contribution is -2.56. The molecule has 0 N–H and O–H groups in total. The van der Waals surface area contributed by atoms with E-state index >= 15 is 0 Å². The van der Waals surface area contributed by atoms with Gasteiger partial charge in [0.2, 0.25) is 0 Å². The van der Waals surface area contributed by atoms with Crippen LogP contribution in [0.5, 0.6) is 0 Å². The van der Waals surface area contributed by atoms with Crippen LogP contribution in [0.4, 0.5) is 0 Å². The molecule has 1 fully saturated rings. The van der Waals surface area contributed by atoms with Gasteiger partial charge in [-0.25, -0.2) is 8.42 Å².